The second-order valence-corrected chi connectivity index (χ2v) is 19.9. The van der Waals surface area contributed by atoms with E-state index in [1.807, 2.05) is 24.3 Å². The molecule has 2 atom stereocenters. The molecule has 0 aliphatic heterocycles. The van der Waals surface area contributed by atoms with E-state index >= 15 is 0 Å². The molecule has 13 rings (SSSR count). The fraction of sp³-hybridized carbons (Fsp3) is 0.138. The summed E-state index contributed by atoms with van der Waals surface area (Å²) in [6.45, 7) is 11.4. The van der Waals surface area contributed by atoms with Gasteiger partial charge in [-0.25, -0.2) is 0 Å². The number of hydrogen-bond donors (Lipinski definition) is 0. The molecule has 70 heavy (non-hydrogen) atoms. The van der Waals surface area contributed by atoms with Crippen molar-refractivity contribution in [2.45, 2.75) is 58.3 Å². The Labute approximate surface area is 408 Å². The van der Waals surface area contributed by atoms with Gasteiger partial charge in [-0.3, -0.25) is 0 Å². The van der Waals surface area contributed by atoms with E-state index in [9.17, 15) is 10.5 Å². The van der Waals surface area contributed by atoms with Crippen molar-refractivity contribution < 1.29 is 0 Å². The van der Waals surface area contributed by atoms with Crippen LogP contribution in [0, 0.1) is 22.7 Å². The molecule has 0 saturated heterocycles. The Kier molecular flexibility index (Phi) is 9.32. The van der Waals surface area contributed by atoms with Crippen LogP contribution >= 0.6 is 0 Å². The highest BCUT2D eigenvalue weighted by atomic mass is 15.2. The molecule has 0 fully saturated rings. The van der Waals surface area contributed by atoms with Crippen molar-refractivity contribution in [3.8, 4) is 34.4 Å². The van der Waals surface area contributed by atoms with Crippen molar-refractivity contribution in [2.24, 2.45) is 0 Å². The fourth-order valence-electron chi connectivity index (χ4n) is 12.1. The Morgan fingerprint density at radius 3 is 1.61 bits per heavy atom. The highest BCUT2D eigenvalue weighted by Crippen LogP contribution is 2.62. The summed E-state index contributed by atoms with van der Waals surface area (Å²) in [7, 11) is 0. The first-order chi connectivity index (χ1) is 34.2. The van der Waals surface area contributed by atoms with Crippen LogP contribution in [-0.2, 0) is 0 Å². The molecule has 2 aromatic heterocycles. The topological polar surface area (TPSA) is 58.5 Å². The predicted molar refractivity (Wildman–Crippen MR) is 289 cm³/mol. The molecule has 0 saturated carbocycles. The van der Waals surface area contributed by atoms with Gasteiger partial charge in [-0.05, 0) is 165 Å². The lowest BCUT2D eigenvalue weighted by atomic mass is 9.71. The first kappa shape index (κ1) is 41.5. The number of nitriles is 2. The fourth-order valence-corrected chi connectivity index (χ4v) is 12.1. The molecule has 2 aliphatic rings. The van der Waals surface area contributed by atoms with E-state index in [0.717, 1.165) is 34.1 Å². The quantitative estimate of drug-likeness (QED) is 0.152. The zero-order valence-corrected chi connectivity index (χ0v) is 39.9. The maximum atomic E-state index is 9.79. The number of anilines is 6. The summed E-state index contributed by atoms with van der Waals surface area (Å²) < 4.78 is 2.52. The molecule has 0 radical (unpaired) electrons. The number of hydrogen-bond acceptors (Lipinski definition) is 4. The summed E-state index contributed by atoms with van der Waals surface area (Å²) in [6, 6.07) is 70.9. The lowest BCUT2D eigenvalue weighted by Crippen LogP contribution is -2.16. The van der Waals surface area contributed by atoms with E-state index in [2.05, 4.69) is 219 Å². The third-order valence-electron chi connectivity index (χ3n) is 15.5. The summed E-state index contributed by atoms with van der Waals surface area (Å²) in [6.07, 6.45) is 0. The molecule has 0 bridgehead atoms. The van der Waals surface area contributed by atoms with Crippen LogP contribution in [0.2, 0.25) is 0 Å². The molecule has 2 aliphatic carbocycles. The Bertz CT molecular complexity index is 3970. The van der Waals surface area contributed by atoms with E-state index < -0.39 is 0 Å². The standard InChI is InChI=1S/C65H49N5/c1-38(2)43-18-26-47(27-19-43)68(45-22-14-41(36-66)15-23-45)58-32-30-51-55-35-60-56(34-54(55)40(5)61-49-10-6-7-11-50(49)62(58)64(51)61)52-31-33-59(63-53-12-8-9-13-57(53)70(60)65(52)63)69(46-24-16-42(37-67)17-25-46)48-28-20-44(21-29-48)39(3)4/h6-35,38-40,61H,1-5H3. The van der Waals surface area contributed by atoms with Gasteiger partial charge >= 0.3 is 0 Å². The summed E-state index contributed by atoms with van der Waals surface area (Å²) >= 11 is 0. The first-order valence-electron chi connectivity index (χ1n) is 24.5. The number of fused-ring (bicyclic) bond motifs is 11. The molecule has 5 heteroatoms. The first-order valence-corrected chi connectivity index (χ1v) is 24.5. The highest BCUT2D eigenvalue weighted by molar-refractivity contribution is 6.28. The smallest absolute Gasteiger partial charge is 0.0991 e. The van der Waals surface area contributed by atoms with Gasteiger partial charge in [0.25, 0.3) is 0 Å². The van der Waals surface area contributed by atoms with Gasteiger partial charge in [0.1, 0.15) is 0 Å². The van der Waals surface area contributed by atoms with Crippen LogP contribution in [0.15, 0.2) is 182 Å². The van der Waals surface area contributed by atoms with Crippen LogP contribution < -0.4 is 9.80 Å². The number of rotatable bonds is 8. The summed E-state index contributed by atoms with van der Waals surface area (Å²) in [5, 5.41) is 24.5. The molecular weight excluding hydrogens is 851 g/mol. The molecule has 9 aromatic carbocycles. The summed E-state index contributed by atoms with van der Waals surface area (Å²) in [4.78, 5) is 4.75. The van der Waals surface area contributed by atoms with Crippen LogP contribution in [0.1, 0.15) is 97.2 Å². The number of benzene rings is 9. The lowest BCUT2D eigenvalue weighted by molar-refractivity contribution is 0.663. The van der Waals surface area contributed by atoms with Crippen molar-refractivity contribution in [3.63, 3.8) is 0 Å². The second-order valence-electron chi connectivity index (χ2n) is 19.9. The maximum Gasteiger partial charge on any atom is 0.0991 e. The predicted octanol–water partition coefficient (Wildman–Crippen LogP) is 17.7. The third kappa shape index (κ3) is 6.01. The van der Waals surface area contributed by atoms with E-state index in [4.69, 9.17) is 0 Å². The van der Waals surface area contributed by atoms with Crippen molar-refractivity contribution >= 4 is 72.2 Å². The van der Waals surface area contributed by atoms with Gasteiger partial charge in [-0.15, -0.1) is 0 Å². The molecule has 11 aromatic rings. The van der Waals surface area contributed by atoms with Crippen molar-refractivity contribution in [2.75, 3.05) is 9.80 Å². The van der Waals surface area contributed by atoms with Crippen LogP contribution in [0.5, 0.6) is 0 Å². The molecule has 0 N–H and O–H groups in total. The SMILES string of the molecule is CC(C)c1ccc(N(c2ccc(C#N)cc2)c2ccc3c4c2-c2ccccc2C4C(C)c2cc4c5ccc(N(c6ccc(C#N)cc6)c6ccc(C(C)C)cc6)c6c7ccccc7n(c4cc2-3)c56)cc1. The second kappa shape index (κ2) is 15.7. The zero-order chi connectivity index (χ0) is 47.5. The minimum atomic E-state index is 0.171. The van der Waals surface area contributed by atoms with Crippen LogP contribution in [0.4, 0.5) is 34.1 Å². The van der Waals surface area contributed by atoms with Crippen LogP contribution in [-0.4, -0.2) is 4.40 Å². The molecule has 2 heterocycles. The lowest BCUT2D eigenvalue weighted by Gasteiger charge is -2.34. The third-order valence-corrected chi connectivity index (χ3v) is 15.5. The maximum absolute atomic E-state index is 9.79. The van der Waals surface area contributed by atoms with E-state index in [0.29, 0.717) is 23.0 Å². The Morgan fingerprint density at radius 2 is 1.01 bits per heavy atom. The zero-order valence-electron chi connectivity index (χ0n) is 39.9. The van der Waals surface area contributed by atoms with Gasteiger partial charge in [0.2, 0.25) is 0 Å². The average Bonchev–Trinajstić information content (AvgIpc) is 4.05. The van der Waals surface area contributed by atoms with Crippen LogP contribution in [0.3, 0.4) is 0 Å². The van der Waals surface area contributed by atoms with Crippen LogP contribution in [0.25, 0.3) is 60.3 Å². The molecule has 2 unspecified atom stereocenters. The molecular formula is C65H49N5. The molecule has 0 amide bonds. The average molecular weight is 900 g/mol. The molecule has 334 valence electrons. The Hall–Kier alpha value is -8.64. The van der Waals surface area contributed by atoms with Crippen molar-refractivity contribution in [1.29, 1.82) is 10.5 Å². The van der Waals surface area contributed by atoms with Gasteiger partial charge in [0.15, 0.2) is 0 Å². The monoisotopic (exact) mass is 899 g/mol. The van der Waals surface area contributed by atoms with Gasteiger partial charge in [0, 0.05) is 55.8 Å². The minimum Gasteiger partial charge on any atom is -0.310 e. The van der Waals surface area contributed by atoms with Gasteiger partial charge in [-0.2, -0.15) is 10.5 Å². The van der Waals surface area contributed by atoms with Crippen molar-refractivity contribution in [1.82, 2.24) is 4.40 Å². The minimum absolute atomic E-state index is 0.171. The largest absolute Gasteiger partial charge is 0.310 e. The number of nitrogens with zero attached hydrogens (tertiary/aromatic N) is 5. The van der Waals surface area contributed by atoms with E-state index in [-0.39, 0.29) is 11.8 Å². The highest BCUT2D eigenvalue weighted by Gasteiger charge is 2.42. The van der Waals surface area contributed by atoms with Gasteiger partial charge < -0.3 is 14.2 Å². The van der Waals surface area contributed by atoms with Gasteiger partial charge in [0.05, 0.1) is 51.2 Å². The number of para-hydroxylation sites is 1. The normalized spacial score (nSPS) is 14.6. The van der Waals surface area contributed by atoms with E-state index in [1.165, 1.54) is 88.2 Å². The number of aromatic nitrogens is 1. The Morgan fingerprint density at radius 1 is 0.471 bits per heavy atom. The van der Waals surface area contributed by atoms with Crippen molar-refractivity contribution in [3.05, 3.63) is 221 Å². The summed E-state index contributed by atoms with van der Waals surface area (Å²) in [5.41, 5.74) is 23.1. The van der Waals surface area contributed by atoms with Gasteiger partial charge in [-0.1, -0.05) is 113 Å². The molecule has 5 nitrogen and oxygen atoms in total. The molecule has 0 spiro atoms. The van der Waals surface area contributed by atoms with E-state index in [1.54, 1.807) is 0 Å². The summed E-state index contributed by atoms with van der Waals surface area (Å²) in [5.74, 6) is 1.20. The Balaban J connectivity index is 1.05.